The number of amides is 1. The fraction of sp³-hybridized carbons (Fsp3) is 0.667. The van der Waals surface area contributed by atoms with Crippen LogP contribution in [0.15, 0.2) is 18.3 Å². The summed E-state index contributed by atoms with van der Waals surface area (Å²) in [5.41, 5.74) is 0.789. The molecule has 1 N–H and O–H groups in total. The van der Waals surface area contributed by atoms with Crippen LogP contribution in [0, 0.1) is 0 Å². The highest BCUT2D eigenvalue weighted by atomic mass is 32.2. The van der Waals surface area contributed by atoms with Crippen molar-refractivity contribution in [2.24, 2.45) is 0 Å². The van der Waals surface area contributed by atoms with Gasteiger partial charge in [0.2, 0.25) is 5.88 Å². The summed E-state index contributed by atoms with van der Waals surface area (Å²) in [6.07, 6.45) is 5.86. The molecule has 0 spiro atoms. The SMILES string of the molecule is CCOC(=O)N1CCN(S(=O)(=O)NCc2ccnc(OC3CCCC3)c2)CC1. The Morgan fingerprint density at radius 3 is 2.64 bits per heavy atom. The van der Waals surface area contributed by atoms with Crippen LogP contribution in [0.2, 0.25) is 0 Å². The summed E-state index contributed by atoms with van der Waals surface area (Å²) >= 11 is 0. The fourth-order valence-corrected chi connectivity index (χ4v) is 4.57. The normalized spacial score (nSPS) is 19.0. The number of carbonyl (C=O) groups is 1. The second-order valence-electron chi connectivity index (χ2n) is 6.94. The molecule has 1 aromatic rings. The first-order valence-corrected chi connectivity index (χ1v) is 11.2. The van der Waals surface area contributed by atoms with Gasteiger partial charge in [0.25, 0.3) is 10.2 Å². The van der Waals surface area contributed by atoms with Gasteiger partial charge in [0.1, 0.15) is 6.10 Å². The molecule has 0 radical (unpaired) electrons. The van der Waals surface area contributed by atoms with Crippen molar-refractivity contribution in [1.82, 2.24) is 18.9 Å². The number of piperazine rings is 1. The van der Waals surface area contributed by atoms with Gasteiger partial charge in [0.15, 0.2) is 0 Å². The lowest BCUT2D eigenvalue weighted by atomic mass is 10.2. The molecule has 2 fully saturated rings. The van der Waals surface area contributed by atoms with Crippen LogP contribution in [0.3, 0.4) is 0 Å². The third kappa shape index (κ3) is 5.55. The van der Waals surface area contributed by atoms with Gasteiger partial charge >= 0.3 is 6.09 Å². The zero-order valence-electron chi connectivity index (χ0n) is 16.2. The Bertz CT molecular complexity index is 759. The average molecular weight is 413 g/mol. The highest BCUT2D eigenvalue weighted by Crippen LogP contribution is 2.23. The van der Waals surface area contributed by atoms with E-state index in [9.17, 15) is 13.2 Å². The van der Waals surface area contributed by atoms with Crippen molar-refractivity contribution < 1.29 is 22.7 Å². The maximum absolute atomic E-state index is 12.6. The van der Waals surface area contributed by atoms with E-state index in [0.29, 0.717) is 25.6 Å². The van der Waals surface area contributed by atoms with Crippen LogP contribution in [0.5, 0.6) is 5.88 Å². The third-order valence-corrected chi connectivity index (χ3v) is 6.51. The number of hydrogen-bond donors (Lipinski definition) is 1. The first-order chi connectivity index (χ1) is 13.5. The molecule has 1 aliphatic heterocycles. The van der Waals surface area contributed by atoms with E-state index in [1.54, 1.807) is 25.3 Å². The summed E-state index contributed by atoms with van der Waals surface area (Å²) in [5, 5.41) is 0. The molecule has 1 saturated heterocycles. The molecule has 156 valence electrons. The lowest BCUT2D eigenvalue weighted by Crippen LogP contribution is -2.53. The van der Waals surface area contributed by atoms with Gasteiger partial charge < -0.3 is 14.4 Å². The molecular weight excluding hydrogens is 384 g/mol. The summed E-state index contributed by atoms with van der Waals surface area (Å²) in [6.45, 7) is 3.30. The molecule has 1 amide bonds. The molecule has 2 heterocycles. The minimum Gasteiger partial charge on any atom is -0.474 e. The quantitative estimate of drug-likeness (QED) is 0.729. The van der Waals surface area contributed by atoms with Crippen LogP contribution in [-0.4, -0.2) is 67.6 Å². The van der Waals surface area contributed by atoms with Gasteiger partial charge in [-0.05, 0) is 44.2 Å². The topological polar surface area (TPSA) is 101 Å². The van der Waals surface area contributed by atoms with Gasteiger partial charge in [-0.3, -0.25) is 0 Å². The van der Waals surface area contributed by atoms with Crippen molar-refractivity contribution in [3.05, 3.63) is 23.9 Å². The van der Waals surface area contributed by atoms with E-state index in [1.807, 2.05) is 0 Å². The number of nitrogens with one attached hydrogen (secondary N) is 1. The van der Waals surface area contributed by atoms with Crippen LogP contribution in [0.4, 0.5) is 4.79 Å². The van der Waals surface area contributed by atoms with Crippen molar-refractivity contribution in [1.29, 1.82) is 0 Å². The zero-order valence-corrected chi connectivity index (χ0v) is 17.0. The number of ether oxygens (including phenoxy) is 2. The number of rotatable bonds is 7. The first kappa shape index (κ1) is 20.8. The lowest BCUT2D eigenvalue weighted by molar-refractivity contribution is 0.0932. The number of nitrogens with zero attached hydrogens (tertiary/aromatic N) is 3. The summed E-state index contributed by atoms with van der Waals surface area (Å²) in [6, 6.07) is 3.54. The zero-order chi connectivity index (χ0) is 20.0. The number of carbonyl (C=O) groups excluding carboxylic acids is 1. The molecule has 10 heteroatoms. The Morgan fingerprint density at radius 1 is 1.25 bits per heavy atom. The van der Waals surface area contributed by atoms with Crippen molar-refractivity contribution in [3.8, 4) is 5.88 Å². The number of hydrogen-bond acceptors (Lipinski definition) is 6. The van der Waals surface area contributed by atoms with Gasteiger partial charge in [0.05, 0.1) is 6.61 Å². The van der Waals surface area contributed by atoms with Gasteiger partial charge in [-0.25, -0.2) is 9.78 Å². The van der Waals surface area contributed by atoms with Crippen molar-refractivity contribution >= 4 is 16.3 Å². The van der Waals surface area contributed by atoms with Crippen molar-refractivity contribution in [2.45, 2.75) is 45.3 Å². The van der Waals surface area contributed by atoms with Crippen LogP contribution in [-0.2, 0) is 21.5 Å². The van der Waals surface area contributed by atoms with E-state index in [4.69, 9.17) is 9.47 Å². The van der Waals surface area contributed by atoms with Gasteiger partial charge in [-0.15, -0.1) is 0 Å². The lowest BCUT2D eigenvalue weighted by Gasteiger charge is -2.33. The minimum absolute atomic E-state index is 0.157. The molecule has 2 aliphatic rings. The number of pyridine rings is 1. The van der Waals surface area contributed by atoms with E-state index in [0.717, 1.165) is 18.4 Å². The monoisotopic (exact) mass is 412 g/mol. The standard InChI is InChI=1S/C18H28N4O5S/c1-2-26-18(23)21-9-11-22(12-10-21)28(24,25)20-14-15-7-8-19-17(13-15)27-16-5-3-4-6-16/h7-8,13,16,20H,2-6,9-12,14H2,1H3. The summed E-state index contributed by atoms with van der Waals surface area (Å²) in [5.74, 6) is 0.534. The molecular formula is C18H28N4O5S. The predicted octanol–water partition coefficient (Wildman–Crippen LogP) is 1.51. The van der Waals surface area contributed by atoms with Gasteiger partial charge in [-0.2, -0.15) is 17.4 Å². The summed E-state index contributed by atoms with van der Waals surface area (Å²) < 4.78 is 39.9. The smallest absolute Gasteiger partial charge is 0.409 e. The Morgan fingerprint density at radius 2 is 1.96 bits per heavy atom. The maximum Gasteiger partial charge on any atom is 0.409 e. The van der Waals surface area contributed by atoms with Crippen LogP contribution < -0.4 is 9.46 Å². The summed E-state index contributed by atoms with van der Waals surface area (Å²) in [7, 11) is -3.63. The molecule has 0 unspecified atom stereocenters. The van der Waals surface area contributed by atoms with Crippen LogP contribution in [0.1, 0.15) is 38.2 Å². The van der Waals surface area contributed by atoms with E-state index < -0.39 is 16.3 Å². The van der Waals surface area contributed by atoms with Crippen molar-refractivity contribution in [2.75, 3.05) is 32.8 Å². The highest BCUT2D eigenvalue weighted by molar-refractivity contribution is 7.87. The van der Waals surface area contributed by atoms with Crippen LogP contribution in [0.25, 0.3) is 0 Å². The molecule has 1 aromatic heterocycles. The largest absolute Gasteiger partial charge is 0.474 e. The van der Waals surface area contributed by atoms with E-state index in [2.05, 4.69) is 9.71 Å². The third-order valence-electron chi connectivity index (χ3n) is 4.95. The molecule has 28 heavy (non-hydrogen) atoms. The molecule has 1 saturated carbocycles. The maximum atomic E-state index is 12.6. The summed E-state index contributed by atoms with van der Waals surface area (Å²) in [4.78, 5) is 17.5. The fourth-order valence-electron chi connectivity index (χ4n) is 3.39. The van der Waals surface area contributed by atoms with E-state index in [-0.39, 0.29) is 25.7 Å². The van der Waals surface area contributed by atoms with Gasteiger partial charge in [0, 0.05) is 45.0 Å². The highest BCUT2D eigenvalue weighted by Gasteiger charge is 2.29. The van der Waals surface area contributed by atoms with Gasteiger partial charge in [-0.1, -0.05) is 0 Å². The predicted molar refractivity (Wildman–Crippen MR) is 103 cm³/mol. The molecule has 0 bridgehead atoms. The molecule has 9 nitrogen and oxygen atoms in total. The minimum atomic E-state index is -3.63. The molecule has 0 aromatic carbocycles. The Balaban J connectivity index is 1.50. The Hall–Kier alpha value is -1.91. The molecule has 0 atom stereocenters. The average Bonchev–Trinajstić information content (AvgIpc) is 3.20. The van der Waals surface area contributed by atoms with Crippen molar-refractivity contribution in [3.63, 3.8) is 0 Å². The second-order valence-corrected chi connectivity index (χ2v) is 8.69. The Kier molecular flexibility index (Phi) is 7.08. The molecule has 1 aliphatic carbocycles. The number of aromatic nitrogens is 1. The van der Waals surface area contributed by atoms with Crippen LogP contribution >= 0.6 is 0 Å². The first-order valence-electron chi connectivity index (χ1n) is 9.76. The van der Waals surface area contributed by atoms with E-state index >= 15 is 0 Å². The molecule has 3 rings (SSSR count). The van der Waals surface area contributed by atoms with E-state index in [1.165, 1.54) is 22.0 Å². The Labute approximate surface area is 166 Å². The second kappa shape index (κ2) is 9.53.